The summed E-state index contributed by atoms with van der Waals surface area (Å²) >= 11 is 1.40. The van der Waals surface area contributed by atoms with Gasteiger partial charge in [0.2, 0.25) is 14.8 Å². The zero-order valence-corrected chi connectivity index (χ0v) is 20.6. The molecule has 5 rings (SSSR count). The Labute approximate surface area is 196 Å². The van der Waals surface area contributed by atoms with Crippen LogP contribution in [0.1, 0.15) is 50.2 Å². The Morgan fingerprint density at radius 3 is 2.42 bits per heavy atom. The summed E-state index contributed by atoms with van der Waals surface area (Å²) in [6.07, 6.45) is 4.04. The molecular weight excluding hydrogens is 460 g/mol. The van der Waals surface area contributed by atoms with Gasteiger partial charge in [-0.2, -0.15) is 10.4 Å². The Kier molecular flexibility index (Phi) is 4.91. The average molecular weight is 487 g/mol. The molecule has 0 unspecified atom stereocenters. The number of ether oxygens (including phenoxy) is 1. The molecule has 0 amide bonds. The molecule has 0 saturated heterocycles. The molecule has 0 radical (unpaired) electrons. The van der Waals surface area contributed by atoms with Crippen LogP contribution in [-0.4, -0.2) is 40.0 Å². The maximum absolute atomic E-state index is 13.3. The third-order valence-electron chi connectivity index (χ3n) is 6.79. The van der Waals surface area contributed by atoms with Crippen molar-refractivity contribution >= 4 is 26.1 Å². The molecule has 0 atom stereocenters. The number of benzene rings is 1. The highest BCUT2D eigenvalue weighted by atomic mass is 32.2. The molecule has 2 aliphatic carbocycles. The monoisotopic (exact) mass is 486 g/mol. The van der Waals surface area contributed by atoms with Crippen LogP contribution in [0.4, 0.5) is 0 Å². The second-order valence-corrected chi connectivity index (χ2v) is 12.9. The molecule has 3 aromatic rings. The highest BCUT2D eigenvalue weighted by Gasteiger charge is 2.56. The van der Waals surface area contributed by atoms with Gasteiger partial charge >= 0.3 is 0 Å². The number of nitrogens with zero attached hydrogens (tertiary/aromatic N) is 4. The molecule has 8 nitrogen and oxygen atoms in total. The fourth-order valence-electron chi connectivity index (χ4n) is 4.44. The molecule has 33 heavy (non-hydrogen) atoms. The first kappa shape index (κ1) is 22.3. The number of aromatic nitrogens is 3. The molecule has 2 heterocycles. The van der Waals surface area contributed by atoms with E-state index >= 15 is 0 Å². The average Bonchev–Trinajstić information content (AvgIpc) is 3.70. The fourth-order valence-corrected chi connectivity index (χ4v) is 7.00. The van der Waals surface area contributed by atoms with Crippen molar-refractivity contribution in [2.45, 2.75) is 61.7 Å². The Morgan fingerprint density at radius 1 is 1.24 bits per heavy atom. The molecular formula is C23H26N4O4S2. The number of fused-ring (bicyclic) bond motifs is 1. The van der Waals surface area contributed by atoms with Crippen LogP contribution in [-0.2, 0) is 15.4 Å². The lowest BCUT2D eigenvalue weighted by Gasteiger charge is -2.25. The largest absolute Gasteiger partial charge is 0.495 e. The van der Waals surface area contributed by atoms with Gasteiger partial charge in [0.05, 0.1) is 24.6 Å². The molecule has 2 saturated carbocycles. The van der Waals surface area contributed by atoms with Crippen molar-refractivity contribution in [1.82, 2.24) is 14.6 Å². The van der Waals surface area contributed by atoms with Crippen LogP contribution in [0.3, 0.4) is 0 Å². The van der Waals surface area contributed by atoms with E-state index in [1.165, 1.54) is 38.4 Å². The lowest BCUT2D eigenvalue weighted by atomic mass is 9.93. The van der Waals surface area contributed by atoms with Crippen molar-refractivity contribution in [2.75, 3.05) is 7.11 Å². The number of sulfone groups is 1. The fraction of sp³-hybridized carbons (Fsp3) is 0.522. The number of imidazole rings is 1. The highest BCUT2D eigenvalue weighted by molar-refractivity contribution is 7.93. The number of methoxy groups -OCH3 is 1. The topological polar surface area (TPSA) is 118 Å². The molecule has 2 aromatic heterocycles. The van der Waals surface area contributed by atoms with Crippen LogP contribution in [0, 0.1) is 30.1 Å². The van der Waals surface area contributed by atoms with Crippen molar-refractivity contribution in [3.05, 3.63) is 28.9 Å². The predicted molar refractivity (Wildman–Crippen MR) is 124 cm³/mol. The molecule has 174 valence electrons. The molecule has 0 spiro atoms. The van der Waals surface area contributed by atoms with E-state index in [0.29, 0.717) is 26.9 Å². The number of aliphatic hydroxyl groups is 1. The summed E-state index contributed by atoms with van der Waals surface area (Å²) in [7, 11) is -2.61. The van der Waals surface area contributed by atoms with E-state index in [1.807, 2.05) is 13.0 Å². The van der Waals surface area contributed by atoms with Gasteiger partial charge in [0.25, 0.3) is 0 Å². The van der Waals surface area contributed by atoms with Gasteiger partial charge in [0.1, 0.15) is 21.3 Å². The lowest BCUT2D eigenvalue weighted by Crippen LogP contribution is -2.31. The maximum Gasteiger partial charge on any atom is 0.213 e. The van der Waals surface area contributed by atoms with Crippen LogP contribution in [0.5, 0.6) is 5.75 Å². The zero-order valence-electron chi connectivity index (χ0n) is 19.0. The number of hydrogen-bond acceptors (Lipinski definition) is 8. The van der Waals surface area contributed by atoms with Crippen molar-refractivity contribution < 1.29 is 18.3 Å². The van der Waals surface area contributed by atoms with E-state index in [-0.39, 0.29) is 22.5 Å². The summed E-state index contributed by atoms with van der Waals surface area (Å²) in [5, 5.41) is 26.5. The summed E-state index contributed by atoms with van der Waals surface area (Å²) in [6, 6.07) is 6.76. The van der Waals surface area contributed by atoms with Crippen molar-refractivity contribution in [3.8, 4) is 23.1 Å². The lowest BCUT2D eigenvalue weighted by molar-refractivity contribution is -0.0111. The van der Waals surface area contributed by atoms with E-state index in [4.69, 9.17) is 9.84 Å². The van der Waals surface area contributed by atoms with E-state index in [9.17, 15) is 18.8 Å². The third kappa shape index (κ3) is 3.28. The van der Waals surface area contributed by atoms with Gasteiger partial charge in [0.15, 0.2) is 4.75 Å². The van der Waals surface area contributed by atoms with E-state index in [0.717, 1.165) is 25.7 Å². The minimum Gasteiger partial charge on any atom is -0.495 e. The smallest absolute Gasteiger partial charge is 0.213 e. The number of aryl methyl sites for hydroxylation is 1. The van der Waals surface area contributed by atoms with Crippen LogP contribution >= 0.6 is 11.3 Å². The molecule has 2 aliphatic rings. The number of hydrogen-bond donors (Lipinski definition) is 1. The minimum atomic E-state index is -4.01. The molecule has 1 aromatic carbocycles. The summed E-state index contributed by atoms with van der Waals surface area (Å²) < 4.78 is 31.9. The Balaban J connectivity index is 1.66. The summed E-state index contributed by atoms with van der Waals surface area (Å²) in [5.41, 5.74) is 1.07. The first-order valence-electron chi connectivity index (χ1n) is 11.0. The predicted octanol–water partition coefficient (Wildman–Crippen LogP) is 3.86. The number of nitriles is 1. The van der Waals surface area contributed by atoms with Crippen LogP contribution in [0.15, 0.2) is 23.1 Å². The molecule has 0 aliphatic heterocycles. The SMILES string of the molecule is COc1ccc(-c2c(C)nc3sc(C(O)(C4CC4)C4CC4)nn23)cc1S(=O)(=O)C(C)(C)C#N. The molecule has 2 fully saturated rings. The second-order valence-electron chi connectivity index (χ2n) is 9.51. The van der Waals surface area contributed by atoms with Gasteiger partial charge in [-0.3, -0.25) is 0 Å². The minimum absolute atomic E-state index is 0.0497. The van der Waals surface area contributed by atoms with Gasteiger partial charge in [-0.1, -0.05) is 11.3 Å². The summed E-state index contributed by atoms with van der Waals surface area (Å²) in [6.45, 7) is 4.60. The van der Waals surface area contributed by atoms with Crippen molar-refractivity contribution in [1.29, 1.82) is 5.26 Å². The van der Waals surface area contributed by atoms with Crippen LogP contribution < -0.4 is 4.74 Å². The quantitative estimate of drug-likeness (QED) is 0.539. The summed E-state index contributed by atoms with van der Waals surface area (Å²) in [4.78, 5) is 5.27. The van der Waals surface area contributed by atoms with Gasteiger partial charge in [0, 0.05) is 5.56 Å². The normalized spacial score (nSPS) is 17.3. The second kappa shape index (κ2) is 7.26. The van der Waals surface area contributed by atoms with Gasteiger partial charge in [-0.15, -0.1) is 0 Å². The van der Waals surface area contributed by atoms with E-state index in [1.54, 1.807) is 16.6 Å². The first-order chi connectivity index (χ1) is 15.5. The summed E-state index contributed by atoms with van der Waals surface area (Å²) in [5.74, 6) is 0.670. The van der Waals surface area contributed by atoms with Gasteiger partial charge < -0.3 is 9.84 Å². The van der Waals surface area contributed by atoms with Crippen LogP contribution in [0.25, 0.3) is 16.2 Å². The highest BCUT2D eigenvalue weighted by Crippen LogP contribution is 2.58. The van der Waals surface area contributed by atoms with Crippen molar-refractivity contribution in [3.63, 3.8) is 0 Å². The third-order valence-corrected chi connectivity index (χ3v) is 10.2. The molecule has 0 bridgehead atoms. The Hall–Kier alpha value is -2.48. The zero-order chi connectivity index (χ0) is 23.8. The Morgan fingerprint density at radius 2 is 1.88 bits per heavy atom. The van der Waals surface area contributed by atoms with E-state index < -0.39 is 20.2 Å². The van der Waals surface area contributed by atoms with Crippen molar-refractivity contribution in [2.24, 2.45) is 11.8 Å². The molecule has 1 N–H and O–H groups in total. The van der Waals surface area contributed by atoms with E-state index in [2.05, 4.69) is 4.98 Å². The standard InChI is InChI=1S/C23H26N4O4S2/c1-13-19(14-5-10-17(31-4)18(11-14)33(29,30)22(2,3)12-24)27-21(25-13)32-20(26-27)23(28,15-6-7-15)16-8-9-16/h5,10-11,15-16,28H,6-9H2,1-4H3. The Bertz CT molecular complexity index is 1390. The van der Waals surface area contributed by atoms with Gasteiger partial charge in [-0.25, -0.2) is 17.9 Å². The molecule has 10 heteroatoms. The first-order valence-corrected chi connectivity index (χ1v) is 13.3. The maximum atomic E-state index is 13.3. The number of rotatable bonds is 7. The van der Waals surface area contributed by atoms with Crippen LogP contribution in [0.2, 0.25) is 0 Å². The van der Waals surface area contributed by atoms with Gasteiger partial charge in [-0.05, 0) is 76.5 Å².